The van der Waals surface area contributed by atoms with Gasteiger partial charge < -0.3 is 19.1 Å². The van der Waals surface area contributed by atoms with E-state index in [1.165, 1.54) is 6.33 Å². The third-order valence-corrected chi connectivity index (χ3v) is 5.59. The summed E-state index contributed by atoms with van der Waals surface area (Å²) in [6.07, 6.45) is 3.22. The minimum Gasteiger partial charge on any atom is -0.444 e. The first kappa shape index (κ1) is 19.4. The van der Waals surface area contributed by atoms with E-state index in [1.807, 2.05) is 13.8 Å². The maximum Gasteiger partial charge on any atom is 0.262 e. The molecule has 0 bridgehead atoms. The van der Waals surface area contributed by atoms with Gasteiger partial charge in [-0.3, -0.25) is 14.5 Å². The van der Waals surface area contributed by atoms with Crippen LogP contribution in [0.3, 0.4) is 0 Å². The van der Waals surface area contributed by atoms with Crippen LogP contribution in [0.25, 0.3) is 11.1 Å². The number of nitrogens with zero attached hydrogens (tertiary/aromatic N) is 3. The number of furan rings is 1. The van der Waals surface area contributed by atoms with Gasteiger partial charge in [0.15, 0.2) is 0 Å². The van der Waals surface area contributed by atoms with Crippen LogP contribution in [0, 0.1) is 26.7 Å². The highest BCUT2D eigenvalue weighted by atomic mass is 16.4. The summed E-state index contributed by atoms with van der Waals surface area (Å²) < 4.78 is 11.1. The first-order valence-corrected chi connectivity index (χ1v) is 9.82. The molecule has 9 heteroatoms. The SMILES string of the molecule is Cc1nc(CN2CCC(CNC(=O)c3c(C)oc4nc[nH]c(=O)c34)CC2)oc1C. The number of H-pyrrole nitrogens is 1. The molecule has 1 aliphatic rings. The van der Waals surface area contributed by atoms with Crippen molar-refractivity contribution in [1.29, 1.82) is 0 Å². The second-order valence-electron chi connectivity index (χ2n) is 7.62. The zero-order valence-corrected chi connectivity index (χ0v) is 16.9. The highest BCUT2D eigenvalue weighted by Gasteiger charge is 2.24. The summed E-state index contributed by atoms with van der Waals surface area (Å²) in [7, 11) is 0. The molecule has 0 saturated carbocycles. The number of piperidine rings is 1. The number of hydrogen-bond acceptors (Lipinski definition) is 7. The molecule has 9 nitrogen and oxygen atoms in total. The van der Waals surface area contributed by atoms with Crippen molar-refractivity contribution in [3.05, 3.63) is 45.3 Å². The minimum absolute atomic E-state index is 0.182. The van der Waals surface area contributed by atoms with Crippen molar-refractivity contribution < 1.29 is 13.6 Å². The lowest BCUT2D eigenvalue weighted by Crippen LogP contribution is -2.38. The molecule has 1 amide bonds. The molecule has 0 atom stereocenters. The normalized spacial score (nSPS) is 15.8. The molecule has 0 aromatic carbocycles. The van der Waals surface area contributed by atoms with Crippen LogP contribution in [0.4, 0.5) is 0 Å². The van der Waals surface area contributed by atoms with E-state index in [0.29, 0.717) is 24.8 Å². The number of fused-ring (bicyclic) bond motifs is 1. The molecule has 0 unspecified atom stereocenters. The lowest BCUT2D eigenvalue weighted by Gasteiger charge is -2.31. The number of nitrogens with one attached hydrogen (secondary N) is 2. The molecule has 1 fully saturated rings. The fourth-order valence-electron chi connectivity index (χ4n) is 3.80. The Balaban J connectivity index is 1.32. The zero-order valence-electron chi connectivity index (χ0n) is 16.9. The lowest BCUT2D eigenvalue weighted by molar-refractivity contribution is 0.0933. The van der Waals surface area contributed by atoms with Crippen molar-refractivity contribution in [1.82, 2.24) is 25.2 Å². The smallest absolute Gasteiger partial charge is 0.262 e. The summed E-state index contributed by atoms with van der Waals surface area (Å²) in [4.78, 5) is 38.0. The average Bonchev–Trinajstić information content (AvgIpc) is 3.20. The molecule has 1 saturated heterocycles. The number of aryl methyl sites for hydroxylation is 3. The van der Waals surface area contributed by atoms with E-state index in [0.717, 1.165) is 43.3 Å². The van der Waals surface area contributed by atoms with E-state index in [9.17, 15) is 9.59 Å². The number of amides is 1. The summed E-state index contributed by atoms with van der Waals surface area (Å²) in [5.41, 5.74) is 1.01. The number of hydrogen-bond donors (Lipinski definition) is 2. The van der Waals surface area contributed by atoms with E-state index < -0.39 is 0 Å². The highest BCUT2D eigenvalue weighted by molar-refractivity contribution is 6.06. The Kier molecular flexibility index (Phi) is 5.23. The van der Waals surface area contributed by atoms with Crippen molar-refractivity contribution >= 4 is 17.0 Å². The minimum atomic E-state index is -0.373. The van der Waals surface area contributed by atoms with Crippen molar-refractivity contribution in [2.75, 3.05) is 19.6 Å². The lowest BCUT2D eigenvalue weighted by atomic mass is 9.96. The number of carbonyl (C=O) groups excluding carboxylic acids is 1. The van der Waals surface area contributed by atoms with Gasteiger partial charge in [0.25, 0.3) is 11.5 Å². The van der Waals surface area contributed by atoms with Gasteiger partial charge in [-0.05, 0) is 52.6 Å². The van der Waals surface area contributed by atoms with Crippen LogP contribution >= 0.6 is 0 Å². The molecule has 0 radical (unpaired) electrons. The van der Waals surface area contributed by atoms with Crippen molar-refractivity contribution in [2.24, 2.45) is 5.92 Å². The fraction of sp³-hybridized carbons (Fsp3) is 0.500. The maximum absolute atomic E-state index is 12.7. The number of aromatic nitrogens is 3. The molecule has 3 aromatic rings. The first-order valence-electron chi connectivity index (χ1n) is 9.82. The van der Waals surface area contributed by atoms with Crippen LogP contribution in [-0.2, 0) is 6.54 Å². The molecule has 0 aliphatic carbocycles. The van der Waals surface area contributed by atoms with Crippen molar-refractivity contribution in [3.63, 3.8) is 0 Å². The summed E-state index contributed by atoms with van der Waals surface area (Å²) in [6.45, 7) is 8.68. The number of oxazole rings is 1. The summed E-state index contributed by atoms with van der Waals surface area (Å²) in [5.74, 6) is 2.11. The monoisotopic (exact) mass is 399 g/mol. The first-order chi connectivity index (χ1) is 13.9. The number of carbonyl (C=O) groups is 1. The quantitative estimate of drug-likeness (QED) is 0.674. The van der Waals surface area contributed by atoms with Gasteiger partial charge in [-0.2, -0.15) is 0 Å². The third kappa shape index (κ3) is 3.95. The van der Waals surface area contributed by atoms with E-state index in [2.05, 4.69) is 25.2 Å². The Morgan fingerprint density at radius 1 is 1.24 bits per heavy atom. The van der Waals surface area contributed by atoms with Gasteiger partial charge in [0.05, 0.1) is 24.1 Å². The molecule has 4 rings (SSSR count). The van der Waals surface area contributed by atoms with Crippen LogP contribution in [-0.4, -0.2) is 45.4 Å². The predicted molar refractivity (Wildman–Crippen MR) is 106 cm³/mol. The van der Waals surface area contributed by atoms with Gasteiger partial charge >= 0.3 is 0 Å². The van der Waals surface area contributed by atoms with Crippen LogP contribution in [0.2, 0.25) is 0 Å². The average molecular weight is 399 g/mol. The Hall–Kier alpha value is -2.94. The molecule has 29 heavy (non-hydrogen) atoms. The Morgan fingerprint density at radius 2 is 2.00 bits per heavy atom. The van der Waals surface area contributed by atoms with Crippen molar-refractivity contribution in [3.8, 4) is 0 Å². The predicted octanol–water partition coefficient (Wildman–Crippen LogP) is 2.07. The van der Waals surface area contributed by atoms with E-state index in [-0.39, 0.29) is 28.1 Å². The molecule has 2 N–H and O–H groups in total. The standard InChI is InChI=1S/C20H25N5O4/c1-11-12(2)28-15(24-11)9-25-6-4-14(5-7-25)8-21-18(26)16-13(3)29-20-17(16)19(27)22-10-23-20/h10,14H,4-9H2,1-3H3,(H,21,26)(H,22,23,27). The van der Waals surface area contributed by atoms with E-state index in [1.54, 1.807) is 6.92 Å². The topological polar surface area (TPSA) is 117 Å². The zero-order chi connectivity index (χ0) is 20.5. The Labute approximate surface area is 167 Å². The van der Waals surface area contributed by atoms with Crippen molar-refractivity contribution in [2.45, 2.75) is 40.2 Å². The number of aromatic amines is 1. The molecule has 154 valence electrons. The second kappa shape index (κ2) is 7.82. The van der Waals surface area contributed by atoms with Gasteiger partial charge in [-0.1, -0.05) is 0 Å². The molecule has 0 spiro atoms. The highest BCUT2D eigenvalue weighted by Crippen LogP contribution is 2.22. The van der Waals surface area contributed by atoms with E-state index in [4.69, 9.17) is 8.83 Å². The Morgan fingerprint density at radius 3 is 2.69 bits per heavy atom. The largest absolute Gasteiger partial charge is 0.444 e. The summed E-state index contributed by atoms with van der Waals surface area (Å²) in [6, 6.07) is 0. The number of rotatable bonds is 5. The van der Waals surface area contributed by atoms with Gasteiger partial charge in [-0.15, -0.1) is 0 Å². The molecular weight excluding hydrogens is 374 g/mol. The van der Waals surface area contributed by atoms with Crippen LogP contribution in [0.5, 0.6) is 0 Å². The summed E-state index contributed by atoms with van der Waals surface area (Å²) in [5, 5.41) is 3.16. The van der Waals surface area contributed by atoms with Gasteiger partial charge in [0.2, 0.25) is 11.6 Å². The van der Waals surface area contributed by atoms with Gasteiger partial charge in [0.1, 0.15) is 16.9 Å². The fourth-order valence-corrected chi connectivity index (χ4v) is 3.80. The maximum atomic E-state index is 12.7. The molecule has 1 aliphatic heterocycles. The third-order valence-electron chi connectivity index (χ3n) is 5.59. The molecule has 3 aromatic heterocycles. The second-order valence-corrected chi connectivity index (χ2v) is 7.62. The van der Waals surface area contributed by atoms with Crippen LogP contribution in [0.15, 0.2) is 20.0 Å². The van der Waals surface area contributed by atoms with Gasteiger partial charge in [0, 0.05) is 6.54 Å². The number of likely N-dealkylation sites (tertiary alicyclic amines) is 1. The molecule has 4 heterocycles. The molecular formula is C20H25N5O4. The summed E-state index contributed by atoms with van der Waals surface area (Å²) >= 11 is 0. The van der Waals surface area contributed by atoms with Crippen LogP contribution < -0.4 is 10.9 Å². The van der Waals surface area contributed by atoms with Crippen LogP contribution in [0.1, 0.15) is 46.3 Å². The van der Waals surface area contributed by atoms with Gasteiger partial charge in [-0.25, -0.2) is 9.97 Å². The Bertz CT molecular complexity index is 1070. The van der Waals surface area contributed by atoms with E-state index >= 15 is 0 Å².